The standard InChI is InChI=1S/C18H17F2N3/c1-23-18(16(11-21)12-2-6-14(19)7-3-12)10-17(22-23)13-4-8-15(20)9-5-13/h2-10,16H,11,21H2,1H3. The van der Waals surface area contributed by atoms with Crippen LogP contribution in [0.3, 0.4) is 0 Å². The smallest absolute Gasteiger partial charge is 0.123 e. The van der Waals surface area contributed by atoms with Crippen molar-refractivity contribution in [3.05, 3.63) is 77.5 Å². The van der Waals surface area contributed by atoms with Crippen molar-refractivity contribution in [2.45, 2.75) is 5.92 Å². The molecule has 5 heteroatoms. The van der Waals surface area contributed by atoms with Crippen LogP contribution in [0.15, 0.2) is 54.6 Å². The molecule has 0 saturated heterocycles. The topological polar surface area (TPSA) is 43.8 Å². The van der Waals surface area contributed by atoms with Gasteiger partial charge in [-0.05, 0) is 48.0 Å². The molecule has 23 heavy (non-hydrogen) atoms. The van der Waals surface area contributed by atoms with Crippen LogP contribution in [-0.4, -0.2) is 16.3 Å². The van der Waals surface area contributed by atoms with Crippen molar-refractivity contribution >= 4 is 0 Å². The molecule has 0 amide bonds. The van der Waals surface area contributed by atoms with Gasteiger partial charge in [0.05, 0.1) is 5.69 Å². The van der Waals surface area contributed by atoms with Crippen molar-refractivity contribution in [1.82, 2.24) is 9.78 Å². The van der Waals surface area contributed by atoms with Gasteiger partial charge in [-0.25, -0.2) is 8.78 Å². The highest BCUT2D eigenvalue weighted by Gasteiger charge is 2.18. The van der Waals surface area contributed by atoms with E-state index in [0.29, 0.717) is 6.54 Å². The van der Waals surface area contributed by atoms with Crippen molar-refractivity contribution in [3.8, 4) is 11.3 Å². The zero-order chi connectivity index (χ0) is 16.4. The van der Waals surface area contributed by atoms with E-state index < -0.39 is 0 Å². The molecule has 1 aromatic heterocycles. The van der Waals surface area contributed by atoms with Crippen LogP contribution < -0.4 is 5.73 Å². The monoisotopic (exact) mass is 313 g/mol. The fraction of sp³-hybridized carbons (Fsp3) is 0.167. The summed E-state index contributed by atoms with van der Waals surface area (Å²) in [5, 5.41) is 4.49. The minimum Gasteiger partial charge on any atom is -0.329 e. The van der Waals surface area contributed by atoms with E-state index in [1.165, 1.54) is 24.3 Å². The van der Waals surface area contributed by atoms with Gasteiger partial charge in [0.15, 0.2) is 0 Å². The number of aromatic nitrogens is 2. The molecule has 0 aliphatic carbocycles. The van der Waals surface area contributed by atoms with Gasteiger partial charge in [0, 0.05) is 30.8 Å². The van der Waals surface area contributed by atoms with Crippen molar-refractivity contribution < 1.29 is 8.78 Å². The van der Waals surface area contributed by atoms with Crippen LogP contribution in [0, 0.1) is 11.6 Å². The first kappa shape index (κ1) is 15.4. The van der Waals surface area contributed by atoms with Crippen LogP contribution in [-0.2, 0) is 7.05 Å². The summed E-state index contributed by atoms with van der Waals surface area (Å²) in [4.78, 5) is 0. The SMILES string of the molecule is Cn1nc(-c2ccc(F)cc2)cc1C(CN)c1ccc(F)cc1. The lowest BCUT2D eigenvalue weighted by molar-refractivity contribution is 0.624. The molecule has 2 aromatic carbocycles. The quantitative estimate of drug-likeness (QED) is 0.801. The molecular formula is C18H17F2N3. The Hall–Kier alpha value is -2.53. The minimum atomic E-state index is -0.281. The lowest BCUT2D eigenvalue weighted by atomic mass is 9.95. The maximum atomic E-state index is 13.1. The molecule has 1 heterocycles. The molecule has 3 aromatic rings. The molecular weight excluding hydrogens is 296 g/mol. The van der Waals surface area contributed by atoms with E-state index in [-0.39, 0.29) is 17.6 Å². The molecule has 0 spiro atoms. The van der Waals surface area contributed by atoms with Crippen molar-refractivity contribution in [1.29, 1.82) is 0 Å². The zero-order valence-electron chi connectivity index (χ0n) is 12.7. The number of aryl methyl sites for hydroxylation is 1. The van der Waals surface area contributed by atoms with Gasteiger partial charge in [-0.1, -0.05) is 12.1 Å². The van der Waals surface area contributed by atoms with E-state index in [1.807, 2.05) is 13.1 Å². The summed E-state index contributed by atoms with van der Waals surface area (Å²) in [6.45, 7) is 0.383. The van der Waals surface area contributed by atoms with E-state index in [4.69, 9.17) is 5.73 Å². The van der Waals surface area contributed by atoms with Gasteiger partial charge in [0.1, 0.15) is 11.6 Å². The maximum Gasteiger partial charge on any atom is 0.123 e. The highest BCUT2D eigenvalue weighted by atomic mass is 19.1. The van der Waals surface area contributed by atoms with Crippen LogP contribution in [0.4, 0.5) is 8.78 Å². The zero-order valence-corrected chi connectivity index (χ0v) is 12.7. The molecule has 1 unspecified atom stereocenters. The summed E-state index contributed by atoms with van der Waals surface area (Å²) in [7, 11) is 1.84. The second kappa shape index (κ2) is 6.30. The summed E-state index contributed by atoms with van der Waals surface area (Å²) >= 11 is 0. The number of hydrogen-bond donors (Lipinski definition) is 1. The lowest BCUT2D eigenvalue weighted by Crippen LogP contribution is -2.17. The normalized spacial score (nSPS) is 12.3. The van der Waals surface area contributed by atoms with Gasteiger partial charge in [-0.15, -0.1) is 0 Å². The first-order chi connectivity index (χ1) is 11.1. The summed E-state index contributed by atoms with van der Waals surface area (Å²) in [6.07, 6.45) is 0. The number of rotatable bonds is 4. The first-order valence-corrected chi connectivity index (χ1v) is 7.34. The maximum absolute atomic E-state index is 13.1. The third kappa shape index (κ3) is 3.14. The molecule has 2 N–H and O–H groups in total. The molecule has 0 bridgehead atoms. The van der Waals surface area contributed by atoms with Gasteiger partial charge < -0.3 is 5.73 Å². The number of nitrogens with zero attached hydrogens (tertiary/aromatic N) is 2. The molecule has 3 nitrogen and oxygen atoms in total. The third-order valence-corrected chi connectivity index (χ3v) is 3.92. The van der Waals surface area contributed by atoms with Crippen LogP contribution in [0.5, 0.6) is 0 Å². The van der Waals surface area contributed by atoms with Gasteiger partial charge in [-0.3, -0.25) is 4.68 Å². The first-order valence-electron chi connectivity index (χ1n) is 7.34. The second-order valence-corrected chi connectivity index (χ2v) is 5.42. The van der Waals surface area contributed by atoms with Gasteiger partial charge in [0.2, 0.25) is 0 Å². The number of nitrogens with two attached hydrogens (primary N) is 1. The molecule has 0 saturated carbocycles. The van der Waals surface area contributed by atoms with Crippen LogP contribution in [0.2, 0.25) is 0 Å². The molecule has 0 radical (unpaired) electrons. The van der Waals surface area contributed by atoms with E-state index in [2.05, 4.69) is 5.10 Å². The average Bonchev–Trinajstić information content (AvgIpc) is 2.92. The third-order valence-electron chi connectivity index (χ3n) is 3.92. The van der Waals surface area contributed by atoms with E-state index >= 15 is 0 Å². The molecule has 1 atom stereocenters. The number of halogens is 2. The Morgan fingerprint density at radius 3 is 2.13 bits per heavy atom. The Morgan fingerprint density at radius 1 is 1.00 bits per heavy atom. The van der Waals surface area contributed by atoms with E-state index in [9.17, 15) is 8.78 Å². The van der Waals surface area contributed by atoms with Gasteiger partial charge >= 0.3 is 0 Å². The Bertz CT molecular complexity index is 792. The van der Waals surface area contributed by atoms with Gasteiger partial charge in [0.25, 0.3) is 0 Å². The Labute approximate surface area is 133 Å². The average molecular weight is 313 g/mol. The fourth-order valence-electron chi connectivity index (χ4n) is 2.69. The van der Waals surface area contributed by atoms with E-state index in [0.717, 1.165) is 22.5 Å². The molecule has 3 rings (SSSR count). The fourth-order valence-corrected chi connectivity index (χ4v) is 2.69. The van der Waals surface area contributed by atoms with Crippen molar-refractivity contribution in [3.63, 3.8) is 0 Å². The Balaban J connectivity index is 1.98. The predicted octanol–water partition coefficient (Wildman–Crippen LogP) is 3.46. The van der Waals surface area contributed by atoms with Crippen LogP contribution in [0.25, 0.3) is 11.3 Å². The summed E-state index contributed by atoms with van der Waals surface area (Å²) in [5.41, 5.74) is 9.38. The lowest BCUT2D eigenvalue weighted by Gasteiger charge is -2.15. The highest BCUT2D eigenvalue weighted by Crippen LogP contribution is 2.27. The molecule has 0 aliphatic rings. The van der Waals surface area contributed by atoms with Crippen molar-refractivity contribution in [2.24, 2.45) is 12.8 Å². The Morgan fingerprint density at radius 2 is 1.57 bits per heavy atom. The van der Waals surface area contributed by atoms with E-state index in [1.54, 1.807) is 28.9 Å². The Kier molecular flexibility index (Phi) is 4.21. The van der Waals surface area contributed by atoms with Crippen molar-refractivity contribution in [2.75, 3.05) is 6.54 Å². The second-order valence-electron chi connectivity index (χ2n) is 5.42. The summed E-state index contributed by atoms with van der Waals surface area (Å²) in [6, 6.07) is 14.5. The minimum absolute atomic E-state index is 0.0812. The molecule has 0 aliphatic heterocycles. The number of benzene rings is 2. The summed E-state index contributed by atoms with van der Waals surface area (Å²) in [5.74, 6) is -0.639. The molecule has 0 fully saturated rings. The largest absolute Gasteiger partial charge is 0.329 e. The predicted molar refractivity (Wildman–Crippen MR) is 85.9 cm³/mol. The van der Waals surface area contributed by atoms with Gasteiger partial charge in [-0.2, -0.15) is 5.10 Å². The van der Waals surface area contributed by atoms with Crippen LogP contribution >= 0.6 is 0 Å². The van der Waals surface area contributed by atoms with Crippen LogP contribution in [0.1, 0.15) is 17.2 Å². The molecule has 118 valence electrons. The number of hydrogen-bond acceptors (Lipinski definition) is 2. The summed E-state index contributed by atoms with van der Waals surface area (Å²) < 4.78 is 27.9. The highest BCUT2D eigenvalue weighted by molar-refractivity contribution is 5.59.